The van der Waals surface area contributed by atoms with Crippen molar-refractivity contribution < 1.29 is 13.2 Å². The van der Waals surface area contributed by atoms with Crippen molar-refractivity contribution in [2.45, 2.75) is 6.18 Å². The summed E-state index contributed by atoms with van der Waals surface area (Å²) in [6, 6.07) is 11.8. The number of rotatable bonds is 2. The number of alkyl halides is 3. The van der Waals surface area contributed by atoms with Crippen LogP contribution in [0.2, 0.25) is 0 Å². The third kappa shape index (κ3) is 2.63. The fourth-order valence-corrected chi connectivity index (χ4v) is 2.54. The predicted octanol–water partition coefficient (Wildman–Crippen LogP) is 4.07. The van der Waals surface area contributed by atoms with Gasteiger partial charge >= 0.3 is 6.18 Å². The number of aromatic amines is 2. The van der Waals surface area contributed by atoms with Gasteiger partial charge in [0.25, 0.3) is 0 Å². The highest BCUT2D eigenvalue weighted by Gasteiger charge is 2.34. The van der Waals surface area contributed by atoms with E-state index in [0.717, 1.165) is 0 Å². The summed E-state index contributed by atoms with van der Waals surface area (Å²) in [6.45, 7) is 0. The molecular formula is C16H9F3N6. The van der Waals surface area contributed by atoms with E-state index in [4.69, 9.17) is 5.26 Å². The van der Waals surface area contributed by atoms with Crippen molar-refractivity contribution in [1.29, 1.82) is 5.26 Å². The van der Waals surface area contributed by atoms with Gasteiger partial charge in [-0.15, -0.1) is 0 Å². The molecule has 6 nitrogen and oxygen atoms in total. The molecule has 3 N–H and O–H groups in total. The molecule has 0 saturated carbocycles. The molecule has 0 atom stereocenters. The number of nitriles is 1. The Hall–Kier alpha value is -3.54. The Morgan fingerprint density at radius 3 is 2.64 bits per heavy atom. The number of imidazole rings is 2. The minimum Gasteiger partial charge on any atom is -0.334 e. The van der Waals surface area contributed by atoms with Crippen LogP contribution in [0, 0.1) is 11.3 Å². The smallest absolute Gasteiger partial charge is 0.334 e. The topological polar surface area (TPSA) is 93.2 Å². The standard InChI is InChI=1S/C16H9F3N6/c17-16(18,19)14-22-10-5-4-9(6-12(10)23-14)21-15-24-11-3-1-2-8(7-20)13(11)25-15/h1-6H,(H,22,23)(H2,21,24,25). The van der Waals surface area contributed by atoms with Crippen LogP contribution >= 0.6 is 0 Å². The minimum absolute atomic E-state index is 0.217. The molecule has 0 fully saturated rings. The van der Waals surface area contributed by atoms with Crippen LogP contribution in [0.3, 0.4) is 0 Å². The average Bonchev–Trinajstić information content (AvgIpc) is 3.16. The molecule has 0 saturated heterocycles. The predicted molar refractivity (Wildman–Crippen MR) is 85.2 cm³/mol. The second kappa shape index (κ2) is 5.24. The molecular weight excluding hydrogens is 333 g/mol. The number of para-hydroxylation sites is 1. The van der Waals surface area contributed by atoms with Crippen molar-refractivity contribution in [1.82, 2.24) is 19.9 Å². The number of nitrogens with one attached hydrogen (secondary N) is 3. The van der Waals surface area contributed by atoms with E-state index in [1.54, 1.807) is 24.3 Å². The highest BCUT2D eigenvalue weighted by Crippen LogP contribution is 2.30. The molecule has 0 aliphatic heterocycles. The Morgan fingerprint density at radius 2 is 1.88 bits per heavy atom. The minimum atomic E-state index is -4.53. The number of aromatic nitrogens is 4. The van der Waals surface area contributed by atoms with Gasteiger partial charge in [-0.2, -0.15) is 18.4 Å². The van der Waals surface area contributed by atoms with E-state index < -0.39 is 12.0 Å². The van der Waals surface area contributed by atoms with Gasteiger partial charge in [0, 0.05) is 5.69 Å². The van der Waals surface area contributed by atoms with Crippen molar-refractivity contribution in [3.63, 3.8) is 0 Å². The highest BCUT2D eigenvalue weighted by molar-refractivity contribution is 5.85. The van der Waals surface area contributed by atoms with E-state index in [1.807, 2.05) is 0 Å². The first kappa shape index (κ1) is 15.0. The Bertz CT molecular complexity index is 1130. The second-order valence-electron chi connectivity index (χ2n) is 5.34. The second-order valence-corrected chi connectivity index (χ2v) is 5.34. The molecule has 25 heavy (non-hydrogen) atoms. The van der Waals surface area contributed by atoms with Crippen LogP contribution in [-0.2, 0) is 6.18 Å². The summed E-state index contributed by atoms with van der Waals surface area (Å²) in [5, 5.41) is 12.1. The highest BCUT2D eigenvalue weighted by atomic mass is 19.4. The molecule has 0 aliphatic carbocycles. The zero-order valence-corrected chi connectivity index (χ0v) is 12.4. The van der Waals surface area contributed by atoms with E-state index in [1.165, 1.54) is 12.1 Å². The van der Waals surface area contributed by atoms with Crippen molar-refractivity contribution in [2.75, 3.05) is 5.32 Å². The summed E-state index contributed by atoms with van der Waals surface area (Å²) >= 11 is 0. The van der Waals surface area contributed by atoms with Crippen molar-refractivity contribution in [3.05, 3.63) is 47.8 Å². The number of nitrogens with zero attached hydrogens (tertiary/aromatic N) is 3. The fraction of sp³-hybridized carbons (Fsp3) is 0.0625. The summed E-state index contributed by atoms with van der Waals surface area (Å²) in [5.41, 5.74) is 2.64. The maximum atomic E-state index is 12.7. The van der Waals surface area contributed by atoms with Gasteiger partial charge < -0.3 is 15.3 Å². The van der Waals surface area contributed by atoms with Gasteiger partial charge in [0.1, 0.15) is 11.6 Å². The lowest BCUT2D eigenvalue weighted by Crippen LogP contribution is -2.06. The van der Waals surface area contributed by atoms with E-state index in [2.05, 4.69) is 31.3 Å². The fourth-order valence-electron chi connectivity index (χ4n) is 2.54. The lowest BCUT2D eigenvalue weighted by Gasteiger charge is -2.02. The normalized spacial score (nSPS) is 11.8. The van der Waals surface area contributed by atoms with Crippen LogP contribution in [0.25, 0.3) is 22.1 Å². The van der Waals surface area contributed by atoms with Crippen LogP contribution in [-0.4, -0.2) is 19.9 Å². The maximum Gasteiger partial charge on any atom is 0.449 e. The van der Waals surface area contributed by atoms with E-state index >= 15 is 0 Å². The molecule has 0 radical (unpaired) electrons. The molecule has 4 rings (SSSR count). The Labute approximate surface area is 138 Å². The SMILES string of the molecule is N#Cc1cccc2[nH]c(Nc3ccc4nc(C(F)(F)F)[nH]c4c3)nc12. The molecule has 0 spiro atoms. The molecule has 2 heterocycles. The van der Waals surface area contributed by atoms with Gasteiger partial charge in [-0.3, -0.25) is 0 Å². The number of hydrogen-bond donors (Lipinski definition) is 3. The van der Waals surface area contributed by atoms with E-state index in [9.17, 15) is 13.2 Å². The number of anilines is 2. The monoisotopic (exact) mass is 342 g/mol. The molecule has 0 aliphatic rings. The lowest BCUT2D eigenvalue weighted by molar-refractivity contribution is -0.144. The molecule has 4 aromatic rings. The zero-order valence-electron chi connectivity index (χ0n) is 12.4. The lowest BCUT2D eigenvalue weighted by atomic mass is 10.2. The van der Waals surface area contributed by atoms with Crippen LogP contribution in [0.5, 0.6) is 0 Å². The number of fused-ring (bicyclic) bond motifs is 2. The zero-order chi connectivity index (χ0) is 17.6. The Balaban J connectivity index is 1.70. The summed E-state index contributed by atoms with van der Waals surface area (Å²) < 4.78 is 38.1. The number of benzene rings is 2. The van der Waals surface area contributed by atoms with Gasteiger partial charge in [0.05, 0.1) is 22.1 Å². The maximum absolute atomic E-state index is 12.7. The third-order valence-corrected chi connectivity index (χ3v) is 3.65. The van der Waals surface area contributed by atoms with Gasteiger partial charge in [0.15, 0.2) is 0 Å². The van der Waals surface area contributed by atoms with Crippen molar-refractivity contribution in [3.8, 4) is 6.07 Å². The van der Waals surface area contributed by atoms with E-state index in [-0.39, 0.29) is 11.0 Å². The van der Waals surface area contributed by atoms with Gasteiger partial charge in [0.2, 0.25) is 11.8 Å². The summed E-state index contributed by atoms with van der Waals surface area (Å²) in [6.07, 6.45) is -4.53. The molecule has 2 aromatic carbocycles. The Kier molecular flexibility index (Phi) is 3.15. The van der Waals surface area contributed by atoms with Crippen LogP contribution in [0.15, 0.2) is 36.4 Å². The molecule has 2 aromatic heterocycles. The summed E-state index contributed by atoms with van der Waals surface area (Å²) in [4.78, 5) is 13.1. The van der Waals surface area contributed by atoms with Gasteiger partial charge in [-0.1, -0.05) is 6.07 Å². The molecule has 0 bridgehead atoms. The van der Waals surface area contributed by atoms with Crippen LogP contribution in [0.1, 0.15) is 11.4 Å². The van der Waals surface area contributed by atoms with Crippen molar-refractivity contribution >= 4 is 33.7 Å². The number of hydrogen-bond acceptors (Lipinski definition) is 4. The Morgan fingerprint density at radius 1 is 1.04 bits per heavy atom. The first-order chi connectivity index (χ1) is 11.9. The van der Waals surface area contributed by atoms with Gasteiger partial charge in [-0.05, 0) is 30.3 Å². The number of halogens is 3. The summed E-state index contributed by atoms with van der Waals surface area (Å²) in [5.74, 6) is -0.658. The average molecular weight is 342 g/mol. The first-order valence-electron chi connectivity index (χ1n) is 7.17. The number of H-pyrrole nitrogens is 2. The molecule has 0 unspecified atom stereocenters. The largest absolute Gasteiger partial charge is 0.449 e. The van der Waals surface area contributed by atoms with Crippen LogP contribution in [0.4, 0.5) is 24.8 Å². The molecule has 0 amide bonds. The summed E-state index contributed by atoms with van der Waals surface area (Å²) in [7, 11) is 0. The van der Waals surface area contributed by atoms with Crippen LogP contribution < -0.4 is 5.32 Å². The van der Waals surface area contributed by atoms with Gasteiger partial charge in [-0.25, -0.2) is 9.97 Å². The first-order valence-corrected chi connectivity index (χ1v) is 7.17. The van der Waals surface area contributed by atoms with E-state index in [0.29, 0.717) is 28.2 Å². The quantitative estimate of drug-likeness (QED) is 0.512. The molecule has 9 heteroatoms. The molecule has 124 valence electrons. The third-order valence-electron chi connectivity index (χ3n) is 3.65. The van der Waals surface area contributed by atoms with Crippen molar-refractivity contribution in [2.24, 2.45) is 0 Å².